The van der Waals surface area contributed by atoms with Gasteiger partial charge in [0.05, 0.1) is 11.5 Å². The zero-order valence-corrected chi connectivity index (χ0v) is 13.4. The summed E-state index contributed by atoms with van der Waals surface area (Å²) in [5, 5.41) is 11.2. The number of morpholine rings is 1. The SMILES string of the molecule is O=[N+]([O-])c1ccccc1N1CCOC(c2ccc(Br)cc2)C1. The summed E-state index contributed by atoms with van der Waals surface area (Å²) in [5.74, 6) is 0. The number of nitro groups is 1. The van der Waals surface area contributed by atoms with Crippen molar-refractivity contribution in [3.05, 3.63) is 68.7 Å². The maximum Gasteiger partial charge on any atom is 0.292 e. The summed E-state index contributed by atoms with van der Waals surface area (Å²) in [6, 6.07) is 14.8. The molecule has 1 saturated heterocycles. The quantitative estimate of drug-likeness (QED) is 0.612. The van der Waals surface area contributed by atoms with Gasteiger partial charge >= 0.3 is 0 Å². The summed E-state index contributed by atoms with van der Waals surface area (Å²) < 4.78 is 6.85. The molecule has 1 heterocycles. The van der Waals surface area contributed by atoms with Gasteiger partial charge in [-0.2, -0.15) is 0 Å². The number of para-hydroxylation sites is 2. The summed E-state index contributed by atoms with van der Waals surface area (Å²) in [7, 11) is 0. The molecule has 1 atom stereocenters. The third kappa shape index (κ3) is 3.13. The normalized spacial score (nSPS) is 18.2. The van der Waals surface area contributed by atoms with Crippen LogP contribution in [-0.4, -0.2) is 24.6 Å². The Morgan fingerprint density at radius 1 is 1.18 bits per heavy atom. The minimum absolute atomic E-state index is 0.0818. The second-order valence-corrected chi connectivity index (χ2v) is 6.02. The van der Waals surface area contributed by atoms with Gasteiger partial charge in [-0.1, -0.05) is 40.2 Å². The van der Waals surface area contributed by atoms with Crippen LogP contribution in [0.5, 0.6) is 0 Å². The second-order valence-electron chi connectivity index (χ2n) is 5.10. The van der Waals surface area contributed by atoms with Crippen molar-refractivity contribution in [1.29, 1.82) is 0 Å². The van der Waals surface area contributed by atoms with E-state index in [1.54, 1.807) is 18.2 Å². The standard InChI is InChI=1S/C16H15BrN2O3/c17-13-7-5-12(6-8-13)16-11-18(9-10-22-16)14-3-1-2-4-15(14)19(20)21/h1-8,16H,9-11H2. The highest BCUT2D eigenvalue weighted by molar-refractivity contribution is 9.10. The lowest BCUT2D eigenvalue weighted by Crippen LogP contribution is -2.38. The predicted molar refractivity (Wildman–Crippen MR) is 88.1 cm³/mol. The van der Waals surface area contributed by atoms with Crippen molar-refractivity contribution in [1.82, 2.24) is 0 Å². The molecule has 0 aliphatic carbocycles. The Hall–Kier alpha value is -1.92. The van der Waals surface area contributed by atoms with Crippen LogP contribution in [0.2, 0.25) is 0 Å². The molecule has 114 valence electrons. The van der Waals surface area contributed by atoms with Crippen LogP contribution in [0, 0.1) is 10.1 Å². The molecule has 0 spiro atoms. The highest BCUT2D eigenvalue weighted by atomic mass is 79.9. The molecule has 1 fully saturated rings. The summed E-state index contributed by atoms with van der Waals surface area (Å²) >= 11 is 3.42. The van der Waals surface area contributed by atoms with Gasteiger partial charge < -0.3 is 9.64 Å². The van der Waals surface area contributed by atoms with Gasteiger partial charge in [0.1, 0.15) is 11.8 Å². The van der Waals surface area contributed by atoms with Crippen molar-refractivity contribution >= 4 is 27.3 Å². The Balaban J connectivity index is 1.84. The Morgan fingerprint density at radius 3 is 2.64 bits per heavy atom. The smallest absolute Gasteiger partial charge is 0.292 e. The average molecular weight is 363 g/mol. The first kappa shape index (κ1) is 15.0. The molecule has 5 nitrogen and oxygen atoms in total. The first-order chi connectivity index (χ1) is 10.6. The van der Waals surface area contributed by atoms with E-state index in [0.717, 1.165) is 10.0 Å². The molecule has 0 saturated carbocycles. The molecule has 3 rings (SSSR count). The Kier molecular flexibility index (Phi) is 4.40. The fraction of sp³-hybridized carbons (Fsp3) is 0.250. The number of halogens is 1. The van der Waals surface area contributed by atoms with E-state index in [4.69, 9.17) is 4.74 Å². The molecular formula is C16H15BrN2O3. The lowest BCUT2D eigenvalue weighted by Gasteiger charge is -2.34. The number of nitrogens with zero attached hydrogens (tertiary/aromatic N) is 2. The van der Waals surface area contributed by atoms with Crippen LogP contribution in [0.25, 0.3) is 0 Å². The van der Waals surface area contributed by atoms with E-state index in [2.05, 4.69) is 15.9 Å². The van der Waals surface area contributed by atoms with Crippen molar-refractivity contribution in [2.45, 2.75) is 6.10 Å². The van der Waals surface area contributed by atoms with E-state index < -0.39 is 0 Å². The number of benzene rings is 2. The maximum absolute atomic E-state index is 11.2. The van der Waals surface area contributed by atoms with Gasteiger partial charge in [-0.15, -0.1) is 0 Å². The van der Waals surface area contributed by atoms with Crippen molar-refractivity contribution in [3.63, 3.8) is 0 Å². The summed E-state index contributed by atoms with van der Waals surface area (Å²) in [5.41, 5.74) is 1.86. The molecule has 0 bridgehead atoms. The van der Waals surface area contributed by atoms with Gasteiger partial charge in [0.25, 0.3) is 5.69 Å². The molecule has 1 unspecified atom stereocenters. The molecule has 0 amide bonds. The summed E-state index contributed by atoms with van der Waals surface area (Å²) in [4.78, 5) is 12.9. The minimum atomic E-state index is -0.334. The van der Waals surface area contributed by atoms with Gasteiger partial charge in [0, 0.05) is 23.6 Å². The zero-order chi connectivity index (χ0) is 15.5. The highest BCUT2D eigenvalue weighted by Gasteiger charge is 2.26. The van der Waals surface area contributed by atoms with Crippen LogP contribution >= 0.6 is 15.9 Å². The highest BCUT2D eigenvalue weighted by Crippen LogP contribution is 2.32. The number of ether oxygens (including phenoxy) is 1. The van der Waals surface area contributed by atoms with Crippen molar-refractivity contribution < 1.29 is 9.66 Å². The Bertz CT molecular complexity index is 675. The van der Waals surface area contributed by atoms with E-state index in [0.29, 0.717) is 25.4 Å². The number of nitro benzene ring substituents is 1. The van der Waals surface area contributed by atoms with Gasteiger partial charge in [-0.05, 0) is 23.8 Å². The molecule has 1 aliphatic rings. The monoisotopic (exact) mass is 362 g/mol. The third-order valence-electron chi connectivity index (χ3n) is 3.73. The first-order valence-corrected chi connectivity index (χ1v) is 7.80. The second kappa shape index (κ2) is 6.46. The number of anilines is 1. The molecule has 2 aromatic rings. The summed E-state index contributed by atoms with van der Waals surface area (Å²) in [6.45, 7) is 1.80. The van der Waals surface area contributed by atoms with Crippen LogP contribution < -0.4 is 4.90 Å². The lowest BCUT2D eigenvalue weighted by molar-refractivity contribution is -0.384. The Labute approximate surface area is 136 Å². The topological polar surface area (TPSA) is 55.6 Å². The molecule has 22 heavy (non-hydrogen) atoms. The molecule has 0 radical (unpaired) electrons. The zero-order valence-electron chi connectivity index (χ0n) is 11.8. The van der Waals surface area contributed by atoms with Gasteiger partial charge in [-0.25, -0.2) is 0 Å². The Morgan fingerprint density at radius 2 is 1.91 bits per heavy atom. The van der Waals surface area contributed by atoms with Crippen LogP contribution in [-0.2, 0) is 4.74 Å². The van der Waals surface area contributed by atoms with E-state index in [1.807, 2.05) is 35.2 Å². The largest absolute Gasteiger partial charge is 0.370 e. The van der Waals surface area contributed by atoms with Crippen LogP contribution in [0.1, 0.15) is 11.7 Å². The fourth-order valence-corrected chi connectivity index (χ4v) is 2.90. The number of hydrogen-bond donors (Lipinski definition) is 0. The van der Waals surface area contributed by atoms with Crippen LogP contribution in [0.4, 0.5) is 11.4 Å². The molecule has 2 aromatic carbocycles. The van der Waals surface area contributed by atoms with Crippen molar-refractivity contribution in [2.75, 3.05) is 24.6 Å². The predicted octanol–water partition coefficient (Wildman–Crippen LogP) is 3.94. The van der Waals surface area contributed by atoms with E-state index in [1.165, 1.54) is 0 Å². The lowest BCUT2D eigenvalue weighted by atomic mass is 10.1. The minimum Gasteiger partial charge on any atom is -0.370 e. The van der Waals surface area contributed by atoms with Gasteiger partial charge in [-0.3, -0.25) is 10.1 Å². The third-order valence-corrected chi connectivity index (χ3v) is 4.26. The van der Waals surface area contributed by atoms with E-state index in [-0.39, 0.29) is 16.7 Å². The van der Waals surface area contributed by atoms with Crippen LogP contribution in [0.3, 0.4) is 0 Å². The molecule has 0 N–H and O–H groups in total. The van der Waals surface area contributed by atoms with Gasteiger partial charge in [0.2, 0.25) is 0 Å². The molecule has 1 aliphatic heterocycles. The number of hydrogen-bond acceptors (Lipinski definition) is 4. The average Bonchev–Trinajstić information content (AvgIpc) is 2.55. The van der Waals surface area contributed by atoms with Crippen molar-refractivity contribution in [3.8, 4) is 0 Å². The fourth-order valence-electron chi connectivity index (χ4n) is 2.63. The molecule has 6 heteroatoms. The maximum atomic E-state index is 11.2. The van der Waals surface area contributed by atoms with Crippen molar-refractivity contribution in [2.24, 2.45) is 0 Å². The van der Waals surface area contributed by atoms with E-state index in [9.17, 15) is 10.1 Å². The number of rotatable bonds is 3. The molecule has 0 aromatic heterocycles. The van der Waals surface area contributed by atoms with Gasteiger partial charge in [0.15, 0.2) is 0 Å². The summed E-state index contributed by atoms with van der Waals surface area (Å²) in [6.07, 6.45) is -0.0818. The van der Waals surface area contributed by atoms with E-state index >= 15 is 0 Å². The van der Waals surface area contributed by atoms with Crippen LogP contribution in [0.15, 0.2) is 53.0 Å². The first-order valence-electron chi connectivity index (χ1n) is 7.00. The molecular weight excluding hydrogens is 348 g/mol.